The largest absolute Gasteiger partial charge is 0.478 e. The number of aromatic carboxylic acids is 1. The molecule has 0 spiro atoms. The van der Waals surface area contributed by atoms with Crippen molar-refractivity contribution in [1.29, 1.82) is 0 Å². The van der Waals surface area contributed by atoms with Gasteiger partial charge in [0.2, 0.25) is 0 Å². The van der Waals surface area contributed by atoms with Crippen LogP contribution in [0, 0.1) is 5.82 Å². The number of fused-ring (bicyclic) bond motifs is 1. The Morgan fingerprint density at radius 3 is 2.70 bits per heavy atom. The van der Waals surface area contributed by atoms with E-state index in [9.17, 15) is 9.18 Å². The molecule has 0 aliphatic rings. The van der Waals surface area contributed by atoms with Crippen LogP contribution in [-0.2, 0) is 6.54 Å². The zero-order valence-electron chi connectivity index (χ0n) is 10.5. The Labute approximate surface area is 114 Å². The summed E-state index contributed by atoms with van der Waals surface area (Å²) >= 11 is 0. The van der Waals surface area contributed by atoms with Crippen LogP contribution in [0.15, 0.2) is 48.7 Å². The van der Waals surface area contributed by atoms with Gasteiger partial charge in [-0.05, 0) is 17.7 Å². The Morgan fingerprint density at radius 2 is 2.00 bits per heavy atom. The van der Waals surface area contributed by atoms with Crippen molar-refractivity contribution in [1.82, 2.24) is 9.78 Å². The molecule has 0 unspecified atom stereocenters. The summed E-state index contributed by atoms with van der Waals surface area (Å²) in [4.78, 5) is 11.0. The van der Waals surface area contributed by atoms with Crippen molar-refractivity contribution in [2.45, 2.75) is 6.54 Å². The van der Waals surface area contributed by atoms with Gasteiger partial charge in [-0.2, -0.15) is 5.10 Å². The van der Waals surface area contributed by atoms with E-state index in [1.54, 1.807) is 4.68 Å². The molecular formula is C15H11FN2O2. The first-order chi connectivity index (χ1) is 9.65. The molecule has 4 nitrogen and oxygen atoms in total. The molecule has 0 aliphatic heterocycles. The molecule has 3 aromatic rings. The Balaban J connectivity index is 2.08. The van der Waals surface area contributed by atoms with Crippen molar-refractivity contribution in [3.63, 3.8) is 0 Å². The average Bonchev–Trinajstić information content (AvgIpc) is 2.81. The minimum atomic E-state index is -1.28. The Morgan fingerprint density at radius 1 is 1.25 bits per heavy atom. The van der Waals surface area contributed by atoms with Gasteiger partial charge in [0.25, 0.3) is 0 Å². The van der Waals surface area contributed by atoms with Gasteiger partial charge in [-0.1, -0.05) is 30.3 Å². The summed E-state index contributed by atoms with van der Waals surface area (Å²) in [7, 11) is 0. The first kappa shape index (κ1) is 12.3. The number of nitrogens with zero attached hydrogens (tertiary/aromatic N) is 2. The number of carboxylic acid groups (broad SMARTS) is 1. The molecule has 0 saturated heterocycles. The van der Waals surface area contributed by atoms with Crippen LogP contribution in [0.5, 0.6) is 0 Å². The highest BCUT2D eigenvalue weighted by Crippen LogP contribution is 2.20. The van der Waals surface area contributed by atoms with Crippen LogP contribution < -0.4 is 0 Å². The Hall–Kier alpha value is -2.69. The number of halogens is 1. The van der Waals surface area contributed by atoms with Gasteiger partial charge < -0.3 is 5.11 Å². The van der Waals surface area contributed by atoms with Crippen LogP contribution in [0.25, 0.3) is 10.9 Å². The molecule has 0 fully saturated rings. The van der Waals surface area contributed by atoms with Crippen LogP contribution in [-0.4, -0.2) is 20.9 Å². The third kappa shape index (κ3) is 2.14. The topological polar surface area (TPSA) is 55.1 Å². The number of hydrogen-bond donors (Lipinski definition) is 1. The van der Waals surface area contributed by atoms with Crippen LogP contribution in [0.1, 0.15) is 15.9 Å². The van der Waals surface area contributed by atoms with Gasteiger partial charge in [-0.25, -0.2) is 9.18 Å². The molecule has 5 heteroatoms. The Kier molecular flexibility index (Phi) is 2.95. The lowest BCUT2D eigenvalue weighted by atomic mass is 10.1. The zero-order chi connectivity index (χ0) is 14.1. The van der Waals surface area contributed by atoms with E-state index in [0.29, 0.717) is 17.4 Å². The summed E-state index contributed by atoms with van der Waals surface area (Å²) < 4.78 is 15.3. The maximum absolute atomic E-state index is 13.6. The number of carboxylic acids is 1. The van der Waals surface area contributed by atoms with Gasteiger partial charge in [-0.15, -0.1) is 0 Å². The molecule has 0 bridgehead atoms. The second-order valence-corrected chi connectivity index (χ2v) is 4.48. The fourth-order valence-electron chi connectivity index (χ4n) is 2.14. The van der Waals surface area contributed by atoms with E-state index in [2.05, 4.69) is 5.10 Å². The van der Waals surface area contributed by atoms with Gasteiger partial charge in [0, 0.05) is 5.39 Å². The number of benzene rings is 2. The minimum Gasteiger partial charge on any atom is -0.478 e. The molecule has 100 valence electrons. The normalized spacial score (nSPS) is 10.8. The zero-order valence-corrected chi connectivity index (χ0v) is 10.5. The highest BCUT2D eigenvalue weighted by molar-refractivity contribution is 5.93. The summed E-state index contributed by atoms with van der Waals surface area (Å²) in [6, 6.07) is 12.2. The van der Waals surface area contributed by atoms with Crippen molar-refractivity contribution in [3.8, 4) is 0 Å². The molecule has 0 atom stereocenters. The lowest BCUT2D eigenvalue weighted by molar-refractivity contribution is 0.0692. The summed E-state index contributed by atoms with van der Waals surface area (Å²) in [5, 5.41) is 13.7. The molecule has 1 aromatic heterocycles. The number of rotatable bonds is 3. The number of hydrogen-bond acceptors (Lipinski definition) is 2. The number of aromatic nitrogens is 2. The molecule has 0 aliphatic carbocycles. The van der Waals surface area contributed by atoms with E-state index in [1.807, 2.05) is 30.3 Å². The quantitative estimate of drug-likeness (QED) is 0.796. The summed E-state index contributed by atoms with van der Waals surface area (Å²) in [5.41, 5.74) is 1.30. The predicted octanol–water partition coefficient (Wildman–Crippen LogP) is 2.92. The summed E-state index contributed by atoms with van der Waals surface area (Å²) in [6.45, 7) is 0.509. The van der Waals surface area contributed by atoms with Crippen molar-refractivity contribution in [3.05, 3.63) is 65.6 Å². The predicted molar refractivity (Wildman–Crippen MR) is 72.2 cm³/mol. The second kappa shape index (κ2) is 4.77. The van der Waals surface area contributed by atoms with Crippen LogP contribution in [0.2, 0.25) is 0 Å². The average molecular weight is 270 g/mol. The molecule has 1 N–H and O–H groups in total. The first-order valence-electron chi connectivity index (χ1n) is 6.07. The maximum atomic E-state index is 13.6. The number of carbonyl (C=O) groups is 1. The van der Waals surface area contributed by atoms with Gasteiger partial charge in [0.1, 0.15) is 5.82 Å². The van der Waals surface area contributed by atoms with Crippen molar-refractivity contribution >= 4 is 16.9 Å². The van der Waals surface area contributed by atoms with Crippen LogP contribution >= 0.6 is 0 Å². The molecule has 0 saturated carbocycles. The van der Waals surface area contributed by atoms with Gasteiger partial charge in [-0.3, -0.25) is 4.68 Å². The highest BCUT2D eigenvalue weighted by Gasteiger charge is 2.14. The molecule has 0 radical (unpaired) electrons. The molecular weight excluding hydrogens is 259 g/mol. The van der Waals surface area contributed by atoms with Crippen molar-refractivity contribution in [2.75, 3.05) is 0 Å². The summed E-state index contributed by atoms with van der Waals surface area (Å²) in [6.07, 6.45) is 1.53. The Bertz CT molecular complexity index is 781. The lowest BCUT2D eigenvalue weighted by Crippen LogP contribution is -2.04. The monoisotopic (exact) mass is 270 g/mol. The van der Waals surface area contributed by atoms with E-state index in [1.165, 1.54) is 18.3 Å². The molecule has 3 rings (SSSR count). The lowest BCUT2D eigenvalue weighted by Gasteiger charge is -2.05. The summed E-state index contributed by atoms with van der Waals surface area (Å²) in [5.74, 6) is -2.03. The third-order valence-electron chi connectivity index (χ3n) is 3.14. The third-order valence-corrected chi connectivity index (χ3v) is 3.14. The van der Waals surface area contributed by atoms with Gasteiger partial charge in [0.05, 0.1) is 23.8 Å². The van der Waals surface area contributed by atoms with Gasteiger partial charge in [0.15, 0.2) is 0 Å². The van der Waals surface area contributed by atoms with E-state index in [-0.39, 0.29) is 5.56 Å². The van der Waals surface area contributed by atoms with Gasteiger partial charge >= 0.3 is 5.97 Å². The fraction of sp³-hybridized carbons (Fsp3) is 0.0667. The smallest absolute Gasteiger partial charge is 0.338 e. The molecule has 1 heterocycles. The van der Waals surface area contributed by atoms with Crippen molar-refractivity contribution in [2.24, 2.45) is 0 Å². The van der Waals surface area contributed by atoms with E-state index in [0.717, 1.165) is 5.56 Å². The standard InChI is InChI=1S/C15H11FN2O2/c16-13-6-11-8-17-18(9-10-4-2-1-3-5-10)14(11)7-12(13)15(19)20/h1-8H,9H2,(H,19,20). The first-order valence-corrected chi connectivity index (χ1v) is 6.07. The minimum absolute atomic E-state index is 0.340. The maximum Gasteiger partial charge on any atom is 0.338 e. The van der Waals surface area contributed by atoms with E-state index >= 15 is 0 Å². The van der Waals surface area contributed by atoms with Crippen LogP contribution in [0.3, 0.4) is 0 Å². The molecule has 2 aromatic carbocycles. The molecule has 20 heavy (non-hydrogen) atoms. The highest BCUT2D eigenvalue weighted by atomic mass is 19.1. The van der Waals surface area contributed by atoms with Crippen molar-refractivity contribution < 1.29 is 14.3 Å². The molecule has 0 amide bonds. The van der Waals surface area contributed by atoms with E-state index in [4.69, 9.17) is 5.11 Å². The second-order valence-electron chi connectivity index (χ2n) is 4.48. The fourth-order valence-corrected chi connectivity index (χ4v) is 2.14. The van der Waals surface area contributed by atoms with E-state index < -0.39 is 11.8 Å². The SMILES string of the molecule is O=C(O)c1cc2c(cnn2Cc2ccccc2)cc1F. The van der Waals surface area contributed by atoms with Crippen LogP contribution in [0.4, 0.5) is 4.39 Å².